The molecule has 2 heterocycles. The van der Waals surface area contributed by atoms with E-state index in [1.54, 1.807) is 19.3 Å². The molecule has 4 rings (SSSR count). The highest BCUT2D eigenvalue weighted by atomic mass is 19.4. The first-order valence-electron chi connectivity index (χ1n) is 9.50. The van der Waals surface area contributed by atoms with E-state index >= 15 is 0 Å². The van der Waals surface area contributed by atoms with Crippen LogP contribution in [-0.2, 0) is 19.1 Å². The van der Waals surface area contributed by atoms with Gasteiger partial charge in [0.15, 0.2) is 0 Å². The fraction of sp³-hybridized carbons (Fsp3) is 0.381. The normalized spacial score (nSPS) is 15.3. The van der Waals surface area contributed by atoms with Crippen LogP contribution in [0.15, 0.2) is 36.5 Å². The minimum Gasteiger partial charge on any atom is -0.373 e. The molecule has 1 saturated carbocycles. The van der Waals surface area contributed by atoms with E-state index in [9.17, 15) is 13.2 Å². The third-order valence-electron chi connectivity index (χ3n) is 5.29. The molecule has 2 aromatic heterocycles. The van der Waals surface area contributed by atoms with E-state index in [4.69, 9.17) is 0 Å². The summed E-state index contributed by atoms with van der Waals surface area (Å²) in [6, 6.07) is 7.15. The molecule has 1 aliphatic carbocycles. The summed E-state index contributed by atoms with van der Waals surface area (Å²) in [5.41, 5.74) is 0.827. The van der Waals surface area contributed by atoms with Crippen molar-refractivity contribution in [3.63, 3.8) is 0 Å². The molecule has 3 aromatic rings. The fourth-order valence-electron chi connectivity index (χ4n) is 3.25. The summed E-state index contributed by atoms with van der Waals surface area (Å²) in [5.74, 6) is 2.00. The number of fused-ring (bicyclic) bond motifs is 1. The number of nitrogens with zero attached hydrogens (tertiary/aromatic N) is 3. The summed E-state index contributed by atoms with van der Waals surface area (Å²) in [5, 5.41) is 6.97. The van der Waals surface area contributed by atoms with Gasteiger partial charge in [-0.1, -0.05) is 19.1 Å². The molecule has 0 saturated heterocycles. The molecule has 1 aromatic carbocycles. The first-order valence-corrected chi connectivity index (χ1v) is 9.50. The molecule has 0 amide bonds. The molecule has 0 bridgehead atoms. The second-order valence-electron chi connectivity index (χ2n) is 7.86. The summed E-state index contributed by atoms with van der Waals surface area (Å²) >= 11 is 0. The molecule has 0 aliphatic heterocycles. The van der Waals surface area contributed by atoms with Gasteiger partial charge < -0.3 is 10.6 Å². The van der Waals surface area contributed by atoms with E-state index in [0.29, 0.717) is 22.7 Å². The van der Waals surface area contributed by atoms with E-state index in [1.807, 2.05) is 6.07 Å². The van der Waals surface area contributed by atoms with Gasteiger partial charge in [-0.15, -0.1) is 0 Å². The molecule has 2 N–H and O–H groups in total. The van der Waals surface area contributed by atoms with Crippen LogP contribution in [0.5, 0.6) is 0 Å². The van der Waals surface area contributed by atoms with Crippen molar-refractivity contribution in [2.75, 3.05) is 17.7 Å². The number of pyridine rings is 1. The molecular formula is C21H22F3N5. The SMILES string of the molecule is CNc1cc2c(NCc3cccc(C(F)(F)F)c3)nc(CC3(C)CC3)nc2cn1. The Labute approximate surface area is 166 Å². The van der Waals surface area contributed by atoms with Crippen LogP contribution in [-0.4, -0.2) is 22.0 Å². The molecule has 29 heavy (non-hydrogen) atoms. The van der Waals surface area contributed by atoms with Gasteiger partial charge in [-0.2, -0.15) is 13.2 Å². The quantitative estimate of drug-likeness (QED) is 0.606. The van der Waals surface area contributed by atoms with Gasteiger partial charge in [0.25, 0.3) is 0 Å². The summed E-state index contributed by atoms with van der Waals surface area (Å²) < 4.78 is 39.0. The van der Waals surface area contributed by atoms with Gasteiger partial charge in [0.1, 0.15) is 17.5 Å². The van der Waals surface area contributed by atoms with Crippen molar-refractivity contribution < 1.29 is 13.2 Å². The van der Waals surface area contributed by atoms with Gasteiger partial charge in [-0.3, -0.25) is 0 Å². The molecule has 5 nitrogen and oxygen atoms in total. The predicted octanol–water partition coefficient (Wildman–Crippen LogP) is 5.04. The van der Waals surface area contributed by atoms with Crippen molar-refractivity contribution >= 4 is 22.5 Å². The second kappa shape index (κ2) is 7.17. The number of aromatic nitrogens is 3. The molecule has 152 valence electrons. The predicted molar refractivity (Wildman–Crippen MR) is 107 cm³/mol. The Hall–Kier alpha value is -2.90. The zero-order chi connectivity index (χ0) is 20.6. The van der Waals surface area contributed by atoms with Crippen molar-refractivity contribution in [2.24, 2.45) is 5.41 Å². The molecule has 8 heteroatoms. The van der Waals surface area contributed by atoms with E-state index in [-0.39, 0.29) is 12.0 Å². The Morgan fingerprint density at radius 1 is 1.14 bits per heavy atom. The maximum absolute atomic E-state index is 13.0. The molecule has 0 radical (unpaired) electrons. The Balaban J connectivity index is 1.65. The third-order valence-corrected chi connectivity index (χ3v) is 5.29. The Kier molecular flexibility index (Phi) is 4.80. The molecular weight excluding hydrogens is 379 g/mol. The number of benzene rings is 1. The number of anilines is 2. The Morgan fingerprint density at radius 2 is 1.93 bits per heavy atom. The van der Waals surface area contributed by atoms with Gasteiger partial charge in [-0.05, 0) is 42.0 Å². The van der Waals surface area contributed by atoms with Crippen LogP contribution in [0.2, 0.25) is 0 Å². The second-order valence-corrected chi connectivity index (χ2v) is 7.86. The lowest BCUT2D eigenvalue weighted by Gasteiger charge is -2.14. The largest absolute Gasteiger partial charge is 0.416 e. The lowest BCUT2D eigenvalue weighted by atomic mass is 10.1. The third kappa shape index (κ3) is 4.41. The number of halogens is 3. The monoisotopic (exact) mass is 401 g/mol. The van der Waals surface area contributed by atoms with Crippen LogP contribution in [0.4, 0.5) is 24.8 Å². The first kappa shape index (κ1) is 19.4. The maximum Gasteiger partial charge on any atom is 0.416 e. The van der Waals surface area contributed by atoms with Crippen LogP contribution in [0.25, 0.3) is 10.9 Å². The van der Waals surface area contributed by atoms with Crippen LogP contribution in [0.1, 0.15) is 36.7 Å². The van der Waals surface area contributed by atoms with Crippen LogP contribution >= 0.6 is 0 Å². The van der Waals surface area contributed by atoms with E-state index < -0.39 is 11.7 Å². The van der Waals surface area contributed by atoms with Crippen molar-refractivity contribution in [2.45, 2.75) is 38.9 Å². The molecule has 0 spiro atoms. The topological polar surface area (TPSA) is 62.7 Å². The van der Waals surface area contributed by atoms with E-state index in [1.165, 1.54) is 6.07 Å². The average molecular weight is 401 g/mol. The zero-order valence-corrected chi connectivity index (χ0v) is 16.3. The van der Waals surface area contributed by atoms with Crippen molar-refractivity contribution in [3.05, 3.63) is 53.5 Å². The van der Waals surface area contributed by atoms with Crippen molar-refractivity contribution in [1.29, 1.82) is 0 Å². The lowest BCUT2D eigenvalue weighted by molar-refractivity contribution is -0.137. The zero-order valence-electron chi connectivity index (χ0n) is 16.3. The number of rotatable bonds is 6. The number of nitrogens with one attached hydrogen (secondary N) is 2. The summed E-state index contributed by atoms with van der Waals surface area (Å²) in [6.07, 6.45) is 0.403. The van der Waals surface area contributed by atoms with Gasteiger partial charge >= 0.3 is 6.18 Å². The van der Waals surface area contributed by atoms with Gasteiger partial charge in [-0.25, -0.2) is 15.0 Å². The van der Waals surface area contributed by atoms with E-state index in [2.05, 4.69) is 32.5 Å². The molecule has 0 atom stereocenters. The molecule has 1 fully saturated rings. The number of alkyl halides is 3. The summed E-state index contributed by atoms with van der Waals surface area (Å²) in [4.78, 5) is 13.7. The highest BCUT2D eigenvalue weighted by Crippen LogP contribution is 2.47. The minimum absolute atomic E-state index is 0.226. The van der Waals surface area contributed by atoms with Crippen LogP contribution < -0.4 is 10.6 Å². The van der Waals surface area contributed by atoms with Gasteiger partial charge in [0, 0.05) is 25.4 Å². The highest BCUT2D eigenvalue weighted by Gasteiger charge is 2.38. The minimum atomic E-state index is -4.36. The fourth-order valence-corrected chi connectivity index (χ4v) is 3.25. The standard InChI is InChI=1S/C21H22F3N5/c1-20(6-7-20)10-18-28-16-12-26-17(25-2)9-15(16)19(29-18)27-11-13-4-3-5-14(8-13)21(22,23)24/h3-5,8-9,12H,6-7,10-11H2,1-2H3,(H,25,26)(H,27,28,29). The number of hydrogen-bond donors (Lipinski definition) is 2. The molecule has 0 unspecified atom stereocenters. The Bertz CT molecular complexity index is 1040. The van der Waals surface area contributed by atoms with Crippen LogP contribution in [0, 0.1) is 5.41 Å². The van der Waals surface area contributed by atoms with Crippen LogP contribution in [0.3, 0.4) is 0 Å². The Morgan fingerprint density at radius 3 is 2.62 bits per heavy atom. The van der Waals surface area contributed by atoms with E-state index in [0.717, 1.165) is 42.6 Å². The van der Waals surface area contributed by atoms with Crippen molar-refractivity contribution in [1.82, 2.24) is 15.0 Å². The smallest absolute Gasteiger partial charge is 0.373 e. The summed E-state index contributed by atoms with van der Waals surface area (Å²) in [7, 11) is 1.77. The average Bonchev–Trinajstić information content (AvgIpc) is 3.42. The van der Waals surface area contributed by atoms with Gasteiger partial charge in [0.05, 0.1) is 17.3 Å². The number of hydrogen-bond acceptors (Lipinski definition) is 5. The van der Waals surface area contributed by atoms with Crippen molar-refractivity contribution in [3.8, 4) is 0 Å². The lowest BCUT2D eigenvalue weighted by Crippen LogP contribution is -2.10. The molecule has 1 aliphatic rings. The maximum atomic E-state index is 13.0. The summed E-state index contributed by atoms with van der Waals surface area (Å²) in [6.45, 7) is 2.43. The first-order chi connectivity index (χ1) is 13.8. The highest BCUT2D eigenvalue weighted by molar-refractivity contribution is 5.90. The van der Waals surface area contributed by atoms with Gasteiger partial charge in [0.2, 0.25) is 0 Å².